The van der Waals surface area contributed by atoms with Crippen LogP contribution in [0.4, 0.5) is 13.2 Å². The number of methoxy groups -OCH3 is 1. The number of ether oxygens (including phenoxy) is 1. The highest BCUT2D eigenvalue weighted by molar-refractivity contribution is 5.96. The number of carbonyl (C=O) groups excluding carboxylic acids is 2. The summed E-state index contributed by atoms with van der Waals surface area (Å²) < 4.78 is 44.6. The van der Waals surface area contributed by atoms with Gasteiger partial charge in [-0.3, -0.25) is 9.59 Å². The van der Waals surface area contributed by atoms with Crippen molar-refractivity contribution in [3.05, 3.63) is 35.4 Å². The Morgan fingerprint density at radius 1 is 1.30 bits per heavy atom. The maximum Gasteiger partial charge on any atom is 0.417 e. The molecule has 1 aromatic carbocycles. The zero-order valence-electron chi connectivity index (χ0n) is 15.0. The van der Waals surface area contributed by atoms with E-state index in [-0.39, 0.29) is 35.4 Å². The van der Waals surface area contributed by atoms with Gasteiger partial charge in [-0.15, -0.1) is 0 Å². The molecule has 0 spiro atoms. The van der Waals surface area contributed by atoms with Gasteiger partial charge in [0.15, 0.2) is 0 Å². The minimum Gasteiger partial charge on any atom is -0.384 e. The molecule has 0 radical (unpaired) electrons. The molecule has 1 aliphatic heterocycles. The van der Waals surface area contributed by atoms with E-state index in [1.165, 1.54) is 18.2 Å². The summed E-state index contributed by atoms with van der Waals surface area (Å²) >= 11 is 0. The highest BCUT2D eigenvalue weighted by Crippen LogP contribution is 2.36. The number of hydrogen-bond acceptors (Lipinski definition) is 3. The van der Waals surface area contributed by atoms with E-state index in [0.717, 1.165) is 12.5 Å². The van der Waals surface area contributed by atoms with Gasteiger partial charge in [0.05, 0.1) is 11.1 Å². The summed E-state index contributed by atoms with van der Waals surface area (Å²) in [5.74, 6) is -0.385. The van der Waals surface area contributed by atoms with Gasteiger partial charge in [0.2, 0.25) is 5.91 Å². The van der Waals surface area contributed by atoms with Crippen LogP contribution in [0, 0.1) is 11.8 Å². The lowest BCUT2D eigenvalue weighted by Crippen LogP contribution is -2.56. The van der Waals surface area contributed by atoms with Crippen LogP contribution in [0.3, 0.4) is 0 Å². The predicted molar refractivity (Wildman–Crippen MR) is 92.0 cm³/mol. The van der Waals surface area contributed by atoms with Crippen LogP contribution < -0.4 is 10.6 Å². The molecule has 148 valence electrons. The molecule has 1 aromatic rings. The van der Waals surface area contributed by atoms with Crippen molar-refractivity contribution in [2.45, 2.75) is 43.9 Å². The Labute approximate surface area is 155 Å². The molecule has 1 saturated carbocycles. The number of carbonyl (C=O) groups is 2. The van der Waals surface area contributed by atoms with Gasteiger partial charge >= 0.3 is 6.18 Å². The Morgan fingerprint density at radius 2 is 2.04 bits per heavy atom. The fraction of sp³-hybridized carbons (Fsp3) is 0.579. The number of amides is 2. The van der Waals surface area contributed by atoms with Gasteiger partial charge in [-0.25, -0.2) is 0 Å². The number of nitrogens with one attached hydrogen (secondary N) is 2. The molecule has 2 fully saturated rings. The fourth-order valence-electron chi connectivity index (χ4n) is 4.30. The third-order valence-corrected chi connectivity index (χ3v) is 5.50. The van der Waals surface area contributed by atoms with E-state index >= 15 is 0 Å². The number of alkyl halides is 3. The van der Waals surface area contributed by atoms with Gasteiger partial charge in [-0.1, -0.05) is 12.1 Å². The van der Waals surface area contributed by atoms with E-state index in [9.17, 15) is 22.8 Å². The van der Waals surface area contributed by atoms with Gasteiger partial charge in [-0.2, -0.15) is 13.2 Å². The van der Waals surface area contributed by atoms with Crippen molar-refractivity contribution in [2.24, 2.45) is 11.8 Å². The number of benzene rings is 1. The third kappa shape index (κ3) is 4.43. The number of rotatable bonds is 4. The van der Waals surface area contributed by atoms with Crippen LogP contribution >= 0.6 is 0 Å². The Bertz CT molecular complexity index is 708. The van der Waals surface area contributed by atoms with Crippen LogP contribution in [0.15, 0.2) is 24.3 Å². The zero-order chi connectivity index (χ0) is 19.6. The molecule has 0 aromatic heterocycles. The zero-order valence-corrected chi connectivity index (χ0v) is 15.0. The maximum absolute atomic E-state index is 13.1. The smallest absolute Gasteiger partial charge is 0.384 e. The van der Waals surface area contributed by atoms with E-state index in [2.05, 4.69) is 10.6 Å². The van der Waals surface area contributed by atoms with E-state index in [1.807, 2.05) is 0 Å². The van der Waals surface area contributed by atoms with Crippen LogP contribution in [0.5, 0.6) is 0 Å². The Morgan fingerprint density at radius 3 is 2.74 bits per heavy atom. The Kier molecular flexibility index (Phi) is 5.74. The van der Waals surface area contributed by atoms with Crippen LogP contribution in [-0.2, 0) is 15.7 Å². The van der Waals surface area contributed by atoms with E-state index in [0.29, 0.717) is 25.9 Å². The summed E-state index contributed by atoms with van der Waals surface area (Å²) in [6.07, 6.45) is -2.21. The molecule has 2 N–H and O–H groups in total. The van der Waals surface area contributed by atoms with Gasteiger partial charge in [-0.05, 0) is 43.2 Å². The molecule has 4 unspecified atom stereocenters. The van der Waals surface area contributed by atoms with E-state index in [1.54, 1.807) is 7.11 Å². The summed E-state index contributed by atoms with van der Waals surface area (Å²) in [6, 6.07) is 4.39. The van der Waals surface area contributed by atoms with Gasteiger partial charge in [0.1, 0.15) is 0 Å². The van der Waals surface area contributed by atoms with Crippen molar-refractivity contribution in [1.82, 2.24) is 10.6 Å². The quantitative estimate of drug-likeness (QED) is 0.839. The molecular weight excluding hydrogens is 361 g/mol. The molecule has 8 heteroatoms. The molecule has 1 heterocycles. The second-order valence-electron chi connectivity index (χ2n) is 7.28. The molecule has 0 bridgehead atoms. The molecule has 2 aliphatic rings. The van der Waals surface area contributed by atoms with E-state index in [4.69, 9.17) is 4.74 Å². The third-order valence-electron chi connectivity index (χ3n) is 5.50. The lowest BCUT2D eigenvalue weighted by Gasteiger charge is -2.43. The van der Waals surface area contributed by atoms with Crippen molar-refractivity contribution in [3.8, 4) is 0 Å². The molecule has 27 heavy (non-hydrogen) atoms. The van der Waals surface area contributed by atoms with Crippen molar-refractivity contribution in [3.63, 3.8) is 0 Å². The molecule has 1 saturated heterocycles. The van der Waals surface area contributed by atoms with Crippen LogP contribution in [0.1, 0.15) is 41.6 Å². The monoisotopic (exact) mass is 384 g/mol. The summed E-state index contributed by atoms with van der Waals surface area (Å²) in [5, 5.41) is 5.68. The summed E-state index contributed by atoms with van der Waals surface area (Å²) in [6.45, 7) is 0.505. The van der Waals surface area contributed by atoms with Crippen LogP contribution in [0.25, 0.3) is 0 Å². The first kappa shape index (κ1) is 19.7. The minimum absolute atomic E-state index is 0.0484. The second-order valence-corrected chi connectivity index (χ2v) is 7.28. The van der Waals surface area contributed by atoms with Crippen molar-refractivity contribution < 1.29 is 27.5 Å². The van der Waals surface area contributed by atoms with Crippen LogP contribution in [-0.4, -0.2) is 37.6 Å². The normalized spacial score (nSPS) is 28.2. The molecule has 4 atom stereocenters. The molecule has 5 nitrogen and oxygen atoms in total. The summed E-state index contributed by atoms with van der Waals surface area (Å²) in [7, 11) is 1.60. The summed E-state index contributed by atoms with van der Waals surface area (Å²) in [5.41, 5.74) is -1.32. The average Bonchev–Trinajstić information content (AvgIpc) is 2.61. The topological polar surface area (TPSA) is 67.4 Å². The predicted octanol–water partition coefficient (Wildman–Crippen LogP) is 2.76. The standard InChI is InChI=1S/C19H23F3N2O3/c1-27-10-11-8-17(25)24-16-9-12(6-7-13(11)16)23-18(26)14-4-2-3-5-15(14)19(20,21)22/h2-5,11-13,16H,6-10H2,1H3,(H,23,26)(H,24,25). The number of halogens is 3. The Hall–Kier alpha value is -2.09. The van der Waals surface area contributed by atoms with Gasteiger partial charge in [0, 0.05) is 32.2 Å². The molecule has 2 amide bonds. The highest BCUT2D eigenvalue weighted by Gasteiger charge is 2.41. The van der Waals surface area contributed by atoms with Gasteiger partial charge < -0.3 is 15.4 Å². The maximum atomic E-state index is 13.1. The molecular formula is C19H23F3N2O3. The summed E-state index contributed by atoms with van der Waals surface area (Å²) in [4.78, 5) is 24.4. The van der Waals surface area contributed by atoms with Crippen molar-refractivity contribution in [1.29, 1.82) is 0 Å². The molecule has 1 aliphatic carbocycles. The van der Waals surface area contributed by atoms with Crippen molar-refractivity contribution in [2.75, 3.05) is 13.7 Å². The number of fused-ring (bicyclic) bond motifs is 1. The van der Waals surface area contributed by atoms with Crippen LogP contribution in [0.2, 0.25) is 0 Å². The Balaban J connectivity index is 1.68. The first-order valence-electron chi connectivity index (χ1n) is 9.05. The first-order chi connectivity index (χ1) is 12.8. The lowest BCUT2D eigenvalue weighted by atomic mass is 9.71. The van der Waals surface area contributed by atoms with Crippen molar-refractivity contribution >= 4 is 11.8 Å². The largest absolute Gasteiger partial charge is 0.417 e. The van der Waals surface area contributed by atoms with E-state index < -0.39 is 17.6 Å². The first-order valence-corrected chi connectivity index (χ1v) is 9.05. The van der Waals surface area contributed by atoms with Gasteiger partial charge in [0.25, 0.3) is 5.91 Å². The second kappa shape index (κ2) is 7.88. The lowest BCUT2D eigenvalue weighted by molar-refractivity contribution is -0.138. The fourth-order valence-corrected chi connectivity index (χ4v) is 4.30. The minimum atomic E-state index is -4.59. The molecule has 3 rings (SSSR count). The SMILES string of the molecule is COCC1CC(=O)NC2CC(NC(=O)c3ccccc3C(F)(F)F)CCC12. The number of piperidine rings is 1. The number of hydrogen-bond donors (Lipinski definition) is 2. The average molecular weight is 384 g/mol. The highest BCUT2D eigenvalue weighted by atomic mass is 19.4.